The van der Waals surface area contributed by atoms with E-state index < -0.39 is 0 Å². The van der Waals surface area contributed by atoms with Crippen LogP contribution in [0.15, 0.2) is 66.7 Å². The van der Waals surface area contributed by atoms with Crippen LogP contribution in [0.4, 0.5) is 0 Å². The standard InChI is InChI=1S/C28H35NO4/c1-5-32-27(33-6-2)18-26(23-13-15-24(16-14-23)28(30)31-4)20(3)29-19-21-11-12-22-9-7-8-10-25(22)17-21/h7-17,20,26-27,29H,5-6,18-19H2,1-4H3. The van der Waals surface area contributed by atoms with Gasteiger partial charge in [0.25, 0.3) is 0 Å². The van der Waals surface area contributed by atoms with Crippen LogP contribution >= 0.6 is 0 Å². The lowest BCUT2D eigenvalue weighted by Gasteiger charge is -2.29. The lowest BCUT2D eigenvalue weighted by Crippen LogP contribution is -2.35. The van der Waals surface area contributed by atoms with Crippen molar-refractivity contribution in [1.29, 1.82) is 0 Å². The van der Waals surface area contributed by atoms with Gasteiger partial charge < -0.3 is 19.5 Å². The molecule has 0 aliphatic carbocycles. The molecule has 2 unspecified atom stereocenters. The van der Waals surface area contributed by atoms with Gasteiger partial charge in [-0.3, -0.25) is 0 Å². The molecule has 0 heterocycles. The topological polar surface area (TPSA) is 56.8 Å². The first kappa shape index (κ1) is 24.9. The number of carbonyl (C=O) groups excluding carboxylic acids is 1. The Morgan fingerprint density at radius 2 is 1.58 bits per heavy atom. The minimum absolute atomic E-state index is 0.139. The van der Waals surface area contributed by atoms with Crippen molar-refractivity contribution >= 4 is 16.7 Å². The van der Waals surface area contributed by atoms with Crippen LogP contribution in [0.3, 0.4) is 0 Å². The van der Waals surface area contributed by atoms with E-state index in [1.54, 1.807) is 0 Å². The molecule has 0 radical (unpaired) electrons. The number of benzene rings is 3. The van der Waals surface area contributed by atoms with Gasteiger partial charge in [0.05, 0.1) is 12.7 Å². The van der Waals surface area contributed by atoms with Crippen LogP contribution in [0.25, 0.3) is 10.8 Å². The molecular formula is C28H35NO4. The van der Waals surface area contributed by atoms with E-state index >= 15 is 0 Å². The number of hydrogen-bond acceptors (Lipinski definition) is 5. The highest BCUT2D eigenvalue weighted by molar-refractivity contribution is 5.89. The number of carbonyl (C=O) groups is 1. The van der Waals surface area contributed by atoms with Gasteiger partial charge in [-0.2, -0.15) is 0 Å². The Kier molecular flexibility index (Phi) is 9.43. The van der Waals surface area contributed by atoms with Gasteiger partial charge in [0, 0.05) is 38.1 Å². The normalized spacial score (nSPS) is 13.2. The maximum atomic E-state index is 11.9. The molecule has 1 N–H and O–H groups in total. The highest BCUT2D eigenvalue weighted by Crippen LogP contribution is 2.28. The first-order chi connectivity index (χ1) is 16.0. The molecule has 2 atom stereocenters. The summed E-state index contributed by atoms with van der Waals surface area (Å²) in [5.41, 5.74) is 2.92. The number of rotatable bonds is 12. The van der Waals surface area contributed by atoms with Crippen LogP contribution in [0.1, 0.15) is 54.6 Å². The Labute approximate surface area is 197 Å². The van der Waals surface area contributed by atoms with Gasteiger partial charge in [-0.15, -0.1) is 0 Å². The average Bonchev–Trinajstić information content (AvgIpc) is 2.85. The second kappa shape index (κ2) is 12.5. The van der Waals surface area contributed by atoms with E-state index in [1.165, 1.54) is 23.4 Å². The van der Waals surface area contributed by atoms with Crippen LogP contribution in [0.2, 0.25) is 0 Å². The summed E-state index contributed by atoms with van der Waals surface area (Å²) in [4.78, 5) is 11.9. The molecule has 0 spiro atoms. The molecule has 0 aromatic heterocycles. The van der Waals surface area contributed by atoms with Crippen molar-refractivity contribution in [2.75, 3.05) is 20.3 Å². The number of ether oxygens (including phenoxy) is 3. The van der Waals surface area contributed by atoms with Crippen LogP contribution in [0, 0.1) is 0 Å². The van der Waals surface area contributed by atoms with Gasteiger partial charge in [0.1, 0.15) is 0 Å². The summed E-state index contributed by atoms with van der Waals surface area (Å²) >= 11 is 0. The van der Waals surface area contributed by atoms with Crippen molar-refractivity contribution in [3.05, 3.63) is 83.4 Å². The first-order valence-corrected chi connectivity index (χ1v) is 11.7. The van der Waals surface area contributed by atoms with Crippen molar-refractivity contribution < 1.29 is 19.0 Å². The van der Waals surface area contributed by atoms with Gasteiger partial charge in [-0.05, 0) is 60.9 Å². The average molecular weight is 450 g/mol. The fraction of sp³-hybridized carbons (Fsp3) is 0.393. The summed E-state index contributed by atoms with van der Waals surface area (Å²) in [6.45, 7) is 8.10. The van der Waals surface area contributed by atoms with Gasteiger partial charge in [0.2, 0.25) is 0 Å². The SMILES string of the molecule is CCOC(CC(c1ccc(C(=O)OC)cc1)C(C)NCc1ccc2ccccc2c1)OCC. The van der Waals surface area contributed by atoms with Crippen LogP contribution < -0.4 is 5.32 Å². The monoisotopic (exact) mass is 449 g/mol. The molecule has 176 valence electrons. The quantitative estimate of drug-likeness (QED) is 0.285. The second-order valence-corrected chi connectivity index (χ2v) is 8.15. The summed E-state index contributed by atoms with van der Waals surface area (Å²) in [7, 11) is 1.40. The Morgan fingerprint density at radius 3 is 2.21 bits per heavy atom. The number of esters is 1. The third-order valence-corrected chi connectivity index (χ3v) is 5.96. The molecule has 0 bridgehead atoms. The zero-order valence-electron chi connectivity index (χ0n) is 20.0. The molecule has 0 fully saturated rings. The lowest BCUT2D eigenvalue weighted by molar-refractivity contribution is -0.143. The van der Waals surface area contributed by atoms with Crippen molar-refractivity contribution in [3.8, 4) is 0 Å². The zero-order valence-corrected chi connectivity index (χ0v) is 20.0. The summed E-state index contributed by atoms with van der Waals surface area (Å²) in [6, 6.07) is 22.8. The summed E-state index contributed by atoms with van der Waals surface area (Å²) in [6.07, 6.45) is 0.431. The number of nitrogens with one attached hydrogen (secondary N) is 1. The van der Waals surface area contributed by atoms with Gasteiger partial charge in [-0.25, -0.2) is 4.79 Å². The van der Waals surface area contributed by atoms with Crippen LogP contribution in [0.5, 0.6) is 0 Å². The first-order valence-electron chi connectivity index (χ1n) is 11.7. The molecule has 0 aliphatic rings. The van der Waals surface area contributed by atoms with Gasteiger partial charge in [0.15, 0.2) is 6.29 Å². The maximum absolute atomic E-state index is 11.9. The third-order valence-electron chi connectivity index (χ3n) is 5.96. The summed E-state index contributed by atoms with van der Waals surface area (Å²) in [5, 5.41) is 6.18. The number of fused-ring (bicyclic) bond motifs is 1. The van der Waals surface area contributed by atoms with E-state index in [0.717, 1.165) is 12.1 Å². The second-order valence-electron chi connectivity index (χ2n) is 8.15. The van der Waals surface area contributed by atoms with Crippen molar-refractivity contribution in [2.24, 2.45) is 0 Å². The summed E-state index contributed by atoms with van der Waals surface area (Å²) < 4.78 is 16.5. The molecule has 0 amide bonds. The fourth-order valence-electron chi connectivity index (χ4n) is 4.15. The highest BCUT2D eigenvalue weighted by atomic mass is 16.7. The van der Waals surface area contributed by atoms with Crippen molar-refractivity contribution in [2.45, 2.75) is 52.0 Å². The van der Waals surface area contributed by atoms with E-state index in [9.17, 15) is 4.79 Å². The number of hydrogen-bond donors (Lipinski definition) is 1. The van der Waals surface area contributed by atoms with Crippen LogP contribution in [-0.2, 0) is 20.8 Å². The molecule has 0 saturated heterocycles. The van der Waals surface area contributed by atoms with Gasteiger partial charge >= 0.3 is 5.97 Å². The molecule has 33 heavy (non-hydrogen) atoms. The van der Waals surface area contributed by atoms with E-state index in [4.69, 9.17) is 14.2 Å². The molecule has 3 aromatic rings. The van der Waals surface area contributed by atoms with Crippen molar-refractivity contribution in [3.63, 3.8) is 0 Å². The largest absolute Gasteiger partial charge is 0.465 e. The smallest absolute Gasteiger partial charge is 0.337 e. The molecule has 3 rings (SSSR count). The summed E-state index contributed by atoms with van der Waals surface area (Å²) in [5.74, 6) is -0.192. The minimum atomic E-state index is -0.331. The Bertz CT molecular complexity index is 1010. The lowest BCUT2D eigenvalue weighted by atomic mass is 9.88. The van der Waals surface area contributed by atoms with E-state index in [1.807, 2.05) is 38.1 Å². The molecule has 0 aliphatic heterocycles. The molecule has 5 heteroatoms. The van der Waals surface area contributed by atoms with E-state index in [2.05, 4.69) is 54.7 Å². The third kappa shape index (κ3) is 6.87. The Morgan fingerprint density at radius 1 is 0.909 bits per heavy atom. The molecule has 0 saturated carbocycles. The van der Waals surface area contributed by atoms with E-state index in [0.29, 0.717) is 25.2 Å². The Balaban J connectivity index is 1.77. The van der Waals surface area contributed by atoms with Crippen LogP contribution in [-0.4, -0.2) is 38.6 Å². The zero-order chi connectivity index (χ0) is 23.6. The molecular weight excluding hydrogens is 414 g/mol. The molecule has 3 aromatic carbocycles. The predicted molar refractivity (Wildman–Crippen MR) is 132 cm³/mol. The maximum Gasteiger partial charge on any atom is 0.337 e. The number of methoxy groups -OCH3 is 1. The fourth-order valence-corrected chi connectivity index (χ4v) is 4.15. The van der Waals surface area contributed by atoms with Crippen molar-refractivity contribution in [1.82, 2.24) is 5.32 Å². The van der Waals surface area contributed by atoms with E-state index in [-0.39, 0.29) is 24.2 Å². The highest BCUT2D eigenvalue weighted by Gasteiger charge is 2.24. The van der Waals surface area contributed by atoms with Gasteiger partial charge in [-0.1, -0.05) is 48.5 Å². The minimum Gasteiger partial charge on any atom is -0.465 e. The Hall–Kier alpha value is -2.73. The predicted octanol–water partition coefficient (Wildman–Crippen LogP) is 5.68. The molecule has 5 nitrogen and oxygen atoms in total.